The molecule has 0 atom stereocenters. The fourth-order valence-corrected chi connectivity index (χ4v) is 0.794. The Balaban J connectivity index is 0. The van der Waals surface area contributed by atoms with Crippen LogP contribution < -0.4 is 17.1 Å². The Hall–Kier alpha value is 0.0762. The number of ether oxygens (including phenoxy) is 1. The van der Waals surface area contributed by atoms with Crippen LogP contribution in [-0.2, 0) is 0 Å². The average molecular weight is 209 g/mol. The van der Waals surface area contributed by atoms with Crippen molar-refractivity contribution in [2.75, 3.05) is 0 Å². The van der Waals surface area contributed by atoms with Crippen molar-refractivity contribution in [1.29, 1.82) is 0 Å². The summed E-state index contributed by atoms with van der Waals surface area (Å²) >= 11 is 0. The number of hydrogen-bond donors (Lipinski definition) is 0. The molecule has 0 N–H and O–H groups in total. The first-order valence-corrected chi connectivity index (χ1v) is 3.73. The Morgan fingerprint density at radius 1 is 1.31 bits per heavy atom. The molecular formula is C10H13ClMgO. The number of hydrogen-bond acceptors (Lipinski definition) is 1. The summed E-state index contributed by atoms with van der Waals surface area (Å²) < 4.78 is 5.57. The summed E-state index contributed by atoms with van der Waals surface area (Å²) in [6.45, 7) is 6.08. The van der Waals surface area contributed by atoms with E-state index < -0.39 is 0 Å². The standard InChI is InChI=1S/C10H13O.ClH.Mg/c1-10(2,3)11-9-7-5-4-6-8-9;;/h4-5,7-8H,1-3H3;1H;/q-1;;+2/p-1. The van der Waals surface area contributed by atoms with Crippen molar-refractivity contribution in [2.24, 2.45) is 0 Å². The Morgan fingerprint density at radius 2 is 1.92 bits per heavy atom. The number of halogens is 1. The zero-order valence-corrected chi connectivity index (χ0v) is 10.5. The van der Waals surface area contributed by atoms with Gasteiger partial charge in [-0.25, -0.2) is 0 Å². The quantitative estimate of drug-likeness (QED) is 0.438. The zero-order valence-electron chi connectivity index (χ0n) is 8.30. The largest absolute Gasteiger partial charge is 2.00 e. The van der Waals surface area contributed by atoms with Gasteiger partial charge < -0.3 is 17.1 Å². The summed E-state index contributed by atoms with van der Waals surface area (Å²) in [7, 11) is 0. The molecule has 0 aromatic heterocycles. The summed E-state index contributed by atoms with van der Waals surface area (Å²) in [6, 6.07) is 10.5. The van der Waals surface area contributed by atoms with E-state index in [1.54, 1.807) is 0 Å². The van der Waals surface area contributed by atoms with E-state index in [0.29, 0.717) is 0 Å². The Morgan fingerprint density at radius 3 is 2.31 bits per heavy atom. The minimum atomic E-state index is -0.116. The maximum absolute atomic E-state index is 5.57. The summed E-state index contributed by atoms with van der Waals surface area (Å²) in [5.74, 6) is 0.875. The summed E-state index contributed by atoms with van der Waals surface area (Å²) in [4.78, 5) is 0. The molecule has 0 fully saturated rings. The molecule has 1 rings (SSSR count). The van der Waals surface area contributed by atoms with Crippen LogP contribution in [-0.4, -0.2) is 28.7 Å². The SMILES string of the molecule is CC(C)(C)Oc1c[c-]ccc1.[Cl-].[Mg+2]. The second kappa shape index (κ2) is 6.52. The van der Waals surface area contributed by atoms with Gasteiger partial charge in [-0.2, -0.15) is 18.2 Å². The van der Waals surface area contributed by atoms with Crippen LogP contribution in [0.4, 0.5) is 0 Å². The molecule has 0 saturated carbocycles. The van der Waals surface area contributed by atoms with E-state index in [4.69, 9.17) is 4.74 Å². The van der Waals surface area contributed by atoms with Crippen molar-refractivity contribution in [3.63, 3.8) is 0 Å². The third-order valence-corrected chi connectivity index (χ3v) is 1.10. The van der Waals surface area contributed by atoms with Gasteiger partial charge in [0, 0.05) is 5.75 Å². The second-order valence-corrected chi connectivity index (χ2v) is 3.45. The normalized spacial score (nSPS) is 9.46. The molecule has 0 aliphatic heterocycles. The molecule has 1 aromatic rings. The minimum Gasteiger partial charge on any atom is -1.00 e. The molecule has 1 nitrogen and oxygen atoms in total. The third-order valence-electron chi connectivity index (χ3n) is 1.10. The fraction of sp³-hybridized carbons (Fsp3) is 0.400. The van der Waals surface area contributed by atoms with Crippen LogP contribution in [0.1, 0.15) is 20.8 Å². The first kappa shape index (κ1) is 15.5. The van der Waals surface area contributed by atoms with E-state index in [1.807, 2.05) is 45.0 Å². The zero-order chi connectivity index (χ0) is 8.32. The second-order valence-electron chi connectivity index (χ2n) is 3.45. The fourth-order valence-electron chi connectivity index (χ4n) is 0.794. The van der Waals surface area contributed by atoms with Crippen molar-refractivity contribution in [3.8, 4) is 5.75 Å². The van der Waals surface area contributed by atoms with Crippen molar-refractivity contribution >= 4 is 23.1 Å². The third kappa shape index (κ3) is 7.17. The van der Waals surface area contributed by atoms with Gasteiger partial charge in [0.25, 0.3) is 0 Å². The predicted molar refractivity (Wildman–Crippen MR) is 51.4 cm³/mol. The molecule has 0 spiro atoms. The predicted octanol–water partition coefficient (Wildman–Crippen LogP) is -0.713. The van der Waals surface area contributed by atoms with Gasteiger partial charge in [0.1, 0.15) is 0 Å². The van der Waals surface area contributed by atoms with Gasteiger partial charge in [-0.1, -0.05) is 0 Å². The van der Waals surface area contributed by atoms with Crippen LogP contribution in [0.2, 0.25) is 0 Å². The van der Waals surface area contributed by atoms with Gasteiger partial charge >= 0.3 is 23.1 Å². The summed E-state index contributed by atoms with van der Waals surface area (Å²) in [6.07, 6.45) is 0. The Labute approximate surface area is 102 Å². The van der Waals surface area contributed by atoms with E-state index in [1.165, 1.54) is 0 Å². The molecule has 0 aliphatic rings. The number of benzene rings is 1. The van der Waals surface area contributed by atoms with Crippen molar-refractivity contribution < 1.29 is 17.1 Å². The molecule has 0 amide bonds. The number of rotatable bonds is 1. The molecule has 13 heavy (non-hydrogen) atoms. The molecule has 1 aromatic carbocycles. The van der Waals surface area contributed by atoms with Crippen molar-refractivity contribution in [3.05, 3.63) is 30.3 Å². The molecule has 0 heterocycles. The summed E-state index contributed by atoms with van der Waals surface area (Å²) in [5.41, 5.74) is -0.116. The van der Waals surface area contributed by atoms with E-state index in [2.05, 4.69) is 6.07 Å². The molecule has 0 aliphatic carbocycles. The first-order chi connectivity index (χ1) is 5.08. The van der Waals surface area contributed by atoms with Crippen LogP contribution in [0.5, 0.6) is 5.75 Å². The first-order valence-electron chi connectivity index (χ1n) is 3.73. The van der Waals surface area contributed by atoms with Gasteiger partial charge in [-0.05, 0) is 20.8 Å². The van der Waals surface area contributed by atoms with Gasteiger partial charge in [0.05, 0.1) is 5.60 Å². The van der Waals surface area contributed by atoms with E-state index in [-0.39, 0.29) is 41.1 Å². The molecular weight excluding hydrogens is 196 g/mol. The summed E-state index contributed by atoms with van der Waals surface area (Å²) in [5, 5.41) is 0. The van der Waals surface area contributed by atoms with E-state index in [9.17, 15) is 0 Å². The van der Waals surface area contributed by atoms with E-state index in [0.717, 1.165) is 5.75 Å². The van der Waals surface area contributed by atoms with Gasteiger partial charge in [0.2, 0.25) is 0 Å². The van der Waals surface area contributed by atoms with Crippen LogP contribution in [0.3, 0.4) is 0 Å². The molecule has 0 bridgehead atoms. The topological polar surface area (TPSA) is 9.23 Å². The maximum atomic E-state index is 5.57. The average Bonchev–Trinajstić information content (AvgIpc) is 1.85. The van der Waals surface area contributed by atoms with Crippen LogP contribution in [0.25, 0.3) is 0 Å². The molecule has 68 valence electrons. The monoisotopic (exact) mass is 208 g/mol. The van der Waals surface area contributed by atoms with Crippen molar-refractivity contribution in [1.82, 2.24) is 0 Å². The van der Waals surface area contributed by atoms with Crippen LogP contribution in [0.15, 0.2) is 24.3 Å². The molecule has 0 unspecified atom stereocenters. The minimum absolute atomic E-state index is 0. The van der Waals surface area contributed by atoms with Crippen molar-refractivity contribution in [2.45, 2.75) is 26.4 Å². The maximum Gasteiger partial charge on any atom is 2.00 e. The Bertz CT molecular complexity index is 218. The van der Waals surface area contributed by atoms with E-state index >= 15 is 0 Å². The van der Waals surface area contributed by atoms with Gasteiger partial charge in [0.15, 0.2) is 0 Å². The van der Waals surface area contributed by atoms with Crippen LogP contribution in [0, 0.1) is 6.07 Å². The van der Waals surface area contributed by atoms with Crippen LogP contribution >= 0.6 is 0 Å². The molecule has 3 heteroatoms. The van der Waals surface area contributed by atoms with Gasteiger partial charge in [-0.15, -0.1) is 12.1 Å². The molecule has 0 radical (unpaired) electrons. The van der Waals surface area contributed by atoms with Gasteiger partial charge in [-0.3, -0.25) is 0 Å². The Kier molecular flexibility index (Phi) is 7.79. The smallest absolute Gasteiger partial charge is 1.00 e. The molecule has 0 saturated heterocycles.